The highest BCUT2D eigenvalue weighted by Crippen LogP contribution is 2.27. The molecular formula is C21H25NO3. The molecule has 2 aromatic carbocycles. The Morgan fingerprint density at radius 1 is 1.24 bits per heavy atom. The molecule has 1 saturated heterocycles. The predicted octanol–water partition coefficient (Wildman–Crippen LogP) is 3.52. The first-order chi connectivity index (χ1) is 12.1. The first-order valence-electron chi connectivity index (χ1n) is 8.77. The number of amides is 1. The second-order valence-electron chi connectivity index (χ2n) is 6.70. The number of aryl methyl sites for hydroxylation is 1. The highest BCUT2D eigenvalue weighted by molar-refractivity contribution is 5.94. The largest absolute Gasteiger partial charge is 0.497 e. The summed E-state index contributed by atoms with van der Waals surface area (Å²) < 4.78 is 5.25. The van der Waals surface area contributed by atoms with Crippen molar-refractivity contribution in [3.63, 3.8) is 0 Å². The number of aliphatic hydroxyl groups excluding tert-OH is 1. The minimum Gasteiger partial charge on any atom is -0.497 e. The van der Waals surface area contributed by atoms with E-state index in [1.54, 1.807) is 7.11 Å². The van der Waals surface area contributed by atoms with Crippen LogP contribution in [-0.2, 0) is 0 Å². The van der Waals surface area contributed by atoms with E-state index in [0.29, 0.717) is 12.1 Å². The van der Waals surface area contributed by atoms with E-state index in [-0.39, 0.29) is 18.4 Å². The summed E-state index contributed by atoms with van der Waals surface area (Å²) in [5, 5.41) is 9.34. The zero-order valence-electron chi connectivity index (χ0n) is 14.9. The average molecular weight is 339 g/mol. The zero-order chi connectivity index (χ0) is 17.8. The topological polar surface area (TPSA) is 49.8 Å². The fraction of sp³-hybridized carbons (Fsp3) is 0.381. The number of piperidine rings is 1. The Balaban J connectivity index is 1.77. The summed E-state index contributed by atoms with van der Waals surface area (Å²) in [7, 11) is 1.66. The number of nitrogens with zero attached hydrogens (tertiary/aromatic N) is 1. The first kappa shape index (κ1) is 17.5. The number of hydrogen-bond donors (Lipinski definition) is 1. The Morgan fingerprint density at radius 3 is 2.64 bits per heavy atom. The van der Waals surface area contributed by atoms with Gasteiger partial charge in [-0.2, -0.15) is 0 Å². The standard InChI is InChI=1S/C21H25NO3/c1-15-12-19(25-2)9-10-20(15)17-5-7-18(8-6-17)21(24)22-11-3-4-16(13-22)14-23/h5-10,12,16,23H,3-4,11,13-14H2,1-2H3/t16-/m1/s1. The van der Waals surface area contributed by atoms with E-state index in [1.807, 2.05) is 47.4 Å². The molecule has 3 rings (SSSR count). The number of carbonyl (C=O) groups is 1. The van der Waals surface area contributed by atoms with E-state index in [1.165, 1.54) is 0 Å². The molecular weight excluding hydrogens is 314 g/mol. The molecule has 0 radical (unpaired) electrons. The van der Waals surface area contributed by atoms with Gasteiger partial charge in [0.05, 0.1) is 7.11 Å². The minimum atomic E-state index is 0.0520. The monoisotopic (exact) mass is 339 g/mol. The van der Waals surface area contributed by atoms with Gasteiger partial charge in [-0.25, -0.2) is 0 Å². The molecule has 4 nitrogen and oxygen atoms in total. The first-order valence-corrected chi connectivity index (χ1v) is 8.77. The number of ether oxygens (including phenoxy) is 1. The second kappa shape index (κ2) is 7.70. The maximum Gasteiger partial charge on any atom is 0.253 e. The van der Waals surface area contributed by atoms with Crippen molar-refractivity contribution < 1.29 is 14.6 Å². The fourth-order valence-corrected chi connectivity index (χ4v) is 3.46. The van der Waals surface area contributed by atoms with Gasteiger partial charge in [0.25, 0.3) is 5.91 Å². The van der Waals surface area contributed by atoms with Crippen LogP contribution in [0.2, 0.25) is 0 Å². The number of rotatable bonds is 4. The summed E-state index contributed by atoms with van der Waals surface area (Å²) in [6, 6.07) is 13.8. The molecule has 25 heavy (non-hydrogen) atoms. The third-order valence-electron chi connectivity index (χ3n) is 4.94. The summed E-state index contributed by atoms with van der Waals surface area (Å²) in [6.07, 6.45) is 1.95. The Labute approximate surface area is 149 Å². The van der Waals surface area contributed by atoms with Crippen molar-refractivity contribution in [3.05, 3.63) is 53.6 Å². The molecule has 1 aliphatic rings. The molecule has 1 fully saturated rings. The van der Waals surface area contributed by atoms with E-state index in [2.05, 4.69) is 6.92 Å². The van der Waals surface area contributed by atoms with Gasteiger partial charge in [-0.1, -0.05) is 18.2 Å². The van der Waals surface area contributed by atoms with Crippen LogP contribution < -0.4 is 4.74 Å². The molecule has 132 valence electrons. The van der Waals surface area contributed by atoms with Crippen molar-refractivity contribution in [3.8, 4) is 16.9 Å². The van der Waals surface area contributed by atoms with Crippen molar-refractivity contribution in [2.45, 2.75) is 19.8 Å². The van der Waals surface area contributed by atoms with Crippen LogP contribution in [0, 0.1) is 12.8 Å². The van der Waals surface area contributed by atoms with E-state index in [9.17, 15) is 9.90 Å². The van der Waals surface area contributed by atoms with Crippen molar-refractivity contribution in [2.75, 3.05) is 26.8 Å². The van der Waals surface area contributed by atoms with Gasteiger partial charge in [-0.15, -0.1) is 0 Å². The molecule has 1 amide bonds. The Hall–Kier alpha value is -2.33. The third-order valence-corrected chi connectivity index (χ3v) is 4.94. The summed E-state index contributed by atoms with van der Waals surface area (Å²) in [5.41, 5.74) is 4.07. The predicted molar refractivity (Wildman–Crippen MR) is 98.9 cm³/mol. The van der Waals surface area contributed by atoms with Gasteiger partial charge in [0.15, 0.2) is 0 Å². The summed E-state index contributed by atoms with van der Waals surface area (Å²) >= 11 is 0. The molecule has 0 spiro atoms. The molecule has 2 aromatic rings. The number of hydrogen-bond acceptors (Lipinski definition) is 3. The van der Waals surface area contributed by atoms with Crippen LogP contribution in [0.15, 0.2) is 42.5 Å². The summed E-state index contributed by atoms with van der Waals surface area (Å²) in [6.45, 7) is 3.63. The molecule has 0 saturated carbocycles. The molecule has 0 unspecified atom stereocenters. The highest BCUT2D eigenvalue weighted by Gasteiger charge is 2.23. The van der Waals surface area contributed by atoms with E-state index < -0.39 is 0 Å². The van der Waals surface area contributed by atoms with Crippen LogP contribution in [0.1, 0.15) is 28.8 Å². The number of benzene rings is 2. The molecule has 1 heterocycles. The smallest absolute Gasteiger partial charge is 0.253 e. The lowest BCUT2D eigenvalue weighted by Crippen LogP contribution is -2.40. The number of likely N-dealkylation sites (tertiary alicyclic amines) is 1. The van der Waals surface area contributed by atoms with Gasteiger partial charge < -0.3 is 14.7 Å². The van der Waals surface area contributed by atoms with Crippen LogP contribution in [0.4, 0.5) is 0 Å². The Kier molecular flexibility index (Phi) is 5.39. The lowest BCUT2D eigenvalue weighted by atomic mass is 9.97. The quantitative estimate of drug-likeness (QED) is 0.927. The van der Waals surface area contributed by atoms with E-state index in [4.69, 9.17) is 4.74 Å². The van der Waals surface area contributed by atoms with Crippen molar-refractivity contribution >= 4 is 5.91 Å². The van der Waals surface area contributed by atoms with E-state index in [0.717, 1.165) is 41.8 Å². The molecule has 1 aliphatic heterocycles. The Bertz CT molecular complexity index is 739. The van der Waals surface area contributed by atoms with Crippen LogP contribution in [0.5, 0.6) is 5.75 Å². The number of carbonyl (C=O) groups excluding carboxylic acids is 1. The van der Waals surface area contributed by atoms with Gasteiger partial charge in [0, 0.05) is 25.3 Å². The molecule has 4 heteroatoms. The minimum absolute atomic E-state index is 0.0520. The average Bonchev–Trinajstić information content (AvgIpc) is 2.67. The lowest BCUT2D eigenvalue weighted by Gasteiger charge is -2.32. The Morgan fingerprint density at radius 2 is 2.00 bits per heavy atom. The third kappa shape index (κ3) is 3.85. The second-order valence-corrected chi connectivity index (χ2v) is 6.70. The zero-order valence-corrected chi connectivity index (χ0v) is 14.9. The van der Waals surface area contributed by atoms with Gasteiger partial charge >= 0.3 is 0 Å². The van der Waals surface area contributed by atoms with Gasteiger partial charge in [-0.3, -0.25) is 4.79 Å². The maximum atomic E-state index is 12.7. The lowest BCUT2D eigenvalue weighted by molar-refractivity contribution is 0.0621. The van der Waals surface area contributed by atoms with Crippen LogP contribution in [0.3, 0.4) is 0 Å². The maximum absolute atomic E-state index is 12.7. The molecule has 0 bridgehead atoms. The normalized spacial score (nSPS) is 17.4. The molecule has 1 atom stereocenters. The number of aliphatic hydroxyl groups is 1. The molecule has 0 aliphatic carbocycles. The van der Waals surface area contributed by atoms with Gasteiger partial charge in [0.2, 0.25) is 0 Å². The van der Waals surface area contributed by atoms with Crippen molar-refractivity contribution in [1.82, 2.24) is 4.90 Å². The fourth-order valence-electron chi connectivity index (χ4n) is 3.46. The SMILES string of the molecule is COc1ccc(-c2ccc(C(=O)N3CCC[C@@H](CO)C3)cc2)c(C)c1. The van der Waals surface area contributed by atoms with Gasteiger partial charge in [-0.05, 0) is 66.6 Å². The van der Waals surface area contributed by atoms with Gasteiger partial charge in [0.1, 0.15) is 5.75 Å². The van der Waals surface area contributed by atoms with Crippen LogP contribution in [0.25, 0.3) is 11.1 Å². The highest BCUT2D eigenvalue weighted by atomic mass is 16.5. The molecule has 0 aromatic heterocycles. The molecule has 1 N–H and O–H groups in total. The van der Waals surface area contributed by atoms with E-state index >= 15 is 0 Å². The van der Waals surface area contributed by atoms with Crippen molar-refractivity contribution in [2.24, 2.45) is 5.92 Å². The van der Waals surface area contributed by atoms with Crippen LogP contribution >= 0.6 is 0 Å². The number of methoxy groups -OCH3 is 1. The summed E-state index contributed by atoms with van der Waals surface area (Å²) in [4.78, 5) is 14.5. The summed E-state index contributed by atoms with van der Waals surface area (Å²) in [5.74, 6) is 1.10. The van der Waals surface area contributed by atoms with Crippen molar-refractivity contribution in [1.29, 1.82) is 0 Å². The van der Waals surface area contributed by atoms with Crippen LogP contribution in [-0.4, -0.2) is 42.7 Å².